The second kappa shape index (κ2) is 4.80. The van der Waals surface area contributed by atoms with Crippen molar-refractivity contribution >= 4 is 47.6 Å². The topological polar surface area (TPSA) is 26.0 Å². The third kappa shape index (κ3) is 2.83. The van der Waals surface area contributed by atoms with Crippen LogP contribution in [-0.2, 0) is 0 Å². The van der Waals surface area contributed by atoms with E-state index >= 15 is 0 Å². The zero-order valence-electron chi connectivity index (χ0n) is 6.80. The minimum absolute atomic E-state index is 0.478. The quantitative estimate of drug-likeness (QED) is 0.594. The molecular formula is C9H9Cl2NS. The van der Waals surface area contributed by atoms with E-state index in [0.29, 0.717) is 21.5 Å². The van der Waals surface area contributed by atoms with E-state index in [0.717, 1.165) is 5.56 Å². The first-order valence-electron chi connectivity index (χ1n) is 3.67. The third-order valence-electron chi connectivity index (χ3n) is 1.53. The molecule has 1 aromatic carbocycles. The molecule has 0 radical (unpaired) electrons. The molecule has 1 aromatic rings. The summed E-state index contributed by atoms with van der Waals surface area (Å²) in [6, 6.07) is 3.39. The predicted molar refractivity (Wildman–Crippen MR) is 63.8 cm³/mol. The first-order chi connectivity index (χ1) is 6.15. The normalized spacial score (nSPS) is 11.0. The third-order valence-corrected chi connectivity index (χ3v) is 2.27. The SMILES string of the molecule is Nc1c(Cl)cc(Cl)cc1C=CCS. The molecule has 0 spiro atoms. The number of anilines is 1. The number of rotatable bonds is 2. The Morgan fingerprint density at radius 3 is 2.69 bits per heavy atom. The van der Waals surface area contributed by atoms with Crippen LogP contribution in [0, 0.1) is 0 Å². The Morgan fingerprint density at radius 1 is 1.38 bits per heavy atom. The van der Waals surface area contributed by atoms with Crippen molar-refractivity contribution in [2.75, 3.05) is 11.5 Å². The van der Waals surface area contributed by atoms with Crippen LogP contribution in [0.25, 0.3) is 6.08 Å². The number of halogens is 2. The van der Waals surface area contributed by atoms with Crippen molar-refractivity contribution < 1.29 is 0 Å². The van der Waals surface area contributed by atoms with Gasteiger partial charge in [-0.3, -0.25) is 0 Å². The fourth-order valence-corrected chi connectivity index (χ4v) is 1.54. The van der Waals surface area contributed by atoms with Crippen molar-refractivity contribution in [1.82, 2.24) is 0 Å². The molecule has 70 valence electrons. The molecule has 0 saturated carbocycles. The van der Waals surface area contributed by atoms with E-state index in [1.165, 1.54) is 0 Å². The van der Waals surface area contributed by atoms with Gasteiger partial charge >= 0.3 is 0 Å². The Balaban J connectivity index is 3.12. The average Bonchev–Trinajstić information content (AvgIpc) is 2.09. The maximum absolute atomic E-state index is 5.84. The van der Waals surface area contributed by atoms with Gasteiger partial charge in [-0.25, -0.2) is 0 Å². The second-order valence-electron chi connectivity index (χ2n) is 2.48. The summed E-state index contributed by atoms with van der Waals surface area (Å²) in [7, 11) is 0. The lowest BCUT2D eigenvalue weighted by Crippen LogP contribution is -1.90. The molecule has 0 aliphatic rings. The summed E-state index contributed by atoms with van der Waals surface area (Å²) in [6.45, 7) is 0. The van der Waals surface area contributed by atoms with Crippen LogP contribution >= 0.6 is 35.8 Å². The average molecular weight is 234 g/mol. The zero-order valence-corrected chi connectivity index (χ0v) is 9.20. The Kier molecular flexibility index (Phi) is 3.97. The van der Waals surface area contributed by atoms with E-state index in [1.807, 2.05) is 12.2 Å². The van der Waals surface area contributed by atoms with Gasteiger partial charge in [0.15, 0.2) is 0 Å². The standard InChI is InChI=1S/C9H9Cl2NS/c10-7-4-6(2-1-3-13)9(12)8(11)5-7/h1-2,4-5,13H,3,12H2. The van der Waals surface area contributed by atoms with Crippen molar-refractivity contribution in [3.63, 3.8) is 0 Å². The molecule has 0 heterocycles. The maximum atomic E-state index is 5.84. The van der Waals surface area contributed by atoms with Crippen LogP contribution in [0.4, 0.5) is 5.69 Å². The van der Waals surface area contributed by atoms with Gasteiger partial charge in [0.05, 0.1) is 10.7 Å². The van der Waals surface area contributed by atoms with Crippen molar-refractivity contribution in [3.05, 3.63) is 33.8 Å². The largest absolute Gasteiger partial charge is 0.397 e. The highest BCUT2D eigenvalue weighted by molar-refractivity contribution is 7.80. The lowest BCUT2D eigenvalue weighted by molar-refractivity contribution is 1.63. The van der Waals surface area contributed by atoms with E-state index in [4.69, 9.17) is 28.9 Å². The summed E-state index contributed by atoms with van der Waals surface area (Å²) in [5.41, 5.74) is 7.10. The highest BCUT2D eigenvalue weighted by atomic mass is 35.5. The summed E-state index contributed by atoms with van der Waals surface area (Å²) < 4.78 is 0. The molecule has 0 unspecified atom stereocenters. The number of benzene rings is 1. The summed E-state index contributed by atoms with van der Waals surface area (Å²) >= 11 is 15.7. The minimum Gasteiger partial charge on any atom is -0.397 e. The van der Waals surface area contributed by atoms with E-state index in [-0.39, 0.29) is 0 Å². The fourth-order valence-electron chi connectivity index (χ4n) is 0.922. The molecule has 0 saturated heterocycles. The molecular weight excluding hydrogens is 225 g/mol. The van der Waals surface area contributed by atoms with Crippen molar-refractivity contribution in [2.24, 2.45) is 0 Å². The van der Waals surface area contributed by atoms with E-state index in [1.54, 1.807) is 12.1 Å². The highest BCUT2D eigenvalue weighted by Gasteiger charge is 2.02. The Hall–Kier alpha value is -0.310. The highest BCUT2D eigenvalue weighted by Crippen LogP contribution is 2.28. The second-order valence-corrected chi connectivity index (χ2v) is 3.68. The van der Waals surface area contributed by atoms with Gasteiger partial charge in [0, 0.05) is 16.3 Å². The van der Waals surface area contributed by atoms with Gasteiger partial charge in [-0.2, -0.15) is 12.6 Å². The predicted octanol–water partition coefficient (Wildman–Crippen LogP) is 3.52. The molecule has 0 fully saturated rings. The number of nitrogen functional groups attached to an aromatic ring is 1. The number of hydrogen-bond donors (Lipinski definition) is 2. The summed E-state index contributed by atoms with van der Waals surface area (Å²) in [5.74, 6) is 0.656. The lowest BCUT2D eigenvalue weighted by Gasteiger charge is -2.03. The molecule has 13 heavy (non-hydrogen) atoms. The number of hydrogen-bond acceptors (Lipinski definition) is 2. The first kappa shape index (κ1) is 10.8. The van der Waals surface area contributed by atoms with Gasteiger partial charge in [0.1, 0.15) is 0 Å². The van der Waals surface area contributed by atoms with Crippen LogP contribution in [-0.4, -0.2) is 5.75 Å². The fraction of sp³-hybridized carbons (Fsp3) is 0.111. The Bertz CT molecular complexity index is 337. The lowest BCUT2D eigenvalue weighted by atomic mass is 10.1. The molecule has 2 N–H and O–H groups in total. The molecule has 1 rings (SSSR count). The van der Waals surface area contributed by atoms with Crippen LogP contribution < -0.4 is 5.73 Å². The monoisotopic (exact) mass is 233 g/mol. The molecule has 0 aliphatic carbocycles. The van der Waals surface area contributed by atoms with E-state index in [2.05, 4.69) is 12.6 Å². The van der Waals surface area contributed by atoms with E-state index < -0.39 is 0 Å². The summed E-state index contributed by atoms with van der Waals surface area (Å²) in [5, 5.41) is 1.06. The minimum atomic E-state index is 0.478. The molecule has 0 amide bonds. The number of thiol groups is 1. The molecule has 0 aromatic heterocycles. The zero-order chi connectivity index (χ0) is 9.84. The van der Waals surface area contributed by atoms with Gasteiger partial charge in [-0.05, 0) is 12.1 Å². The number of nitrogens with two attached hydrogens (primary N) is 1. The van der Waals surface area contributed by atoms with Crippen molar-refractivity contribution in [3.8, 4) is 0 Å². The van der Waals surface area contributed by atoms with E-state index in [9.17, 15) is 0 Å². The molecule has 1 nitrogen and oxygen atoms in total. The Labute approximate surface area is 92.9 Å². The Morgan fingerprint density at radius 2 is 2.08 bits per heavy atom. The van der Waals surface area contributed by atoms with Gasteiger partial charge in [0.2, 0.25) is 0 Å². The molecule has 0 atom stereocenters. The van der Waals surface area contributed by atoms with Crippen LogP contribution in [0.2, 0.25) is 10.0 Å². The van der Waals surface area contributed by atoms with Gasteiger partial charge in [-0.15, -0.1) is 0 Å². The molecule has 0 aliphatic heterocycles. The van der Waals surface area contributed by atoms with Gasteiger partial charge in [-0.1, -0.05) is 35.4 Å². The van der Waals surface area contributed by atoms with Crippen LogP contribution in [0.5, 0.6) is 0 Å². The summed E-state index contributed by atoms with van der Waals surface area (Å²) in [4.78, 5) is 0. The van der Waals surface area contributed by atoms with Crippen LogP contribution in [0.15, 0.2) is 18.2 Å². The smallest absolute Gasteiger partial charge is 0.0656 e. The molecule has 4 heteroatoms. The summed E-state index contributed by atoms with van der Waals surface area (Å²) in [6.07, 6.45) is 3.72. The van der Waals surface area contributed by atoms with Crippen LogP contribution in [0.1, 0.15) is 5.56 Å². The molecule has 0 bridgehead atoms. The van der Waals surface area contributed by atoms with Crippen molar-refractivity contribution in [2.45, 2.75) is 0 Å². The maximum Gasteiger partial charge on any atom is 0.0656 e. The first-order valence-corrected chi connectivity index (χ1v) is 5.06. The van der Waals surface area contributed by atoms with Crippen LogP contribution in [0.3, 0.4) is 0 Å². The van der Waals surface area contributed by atoms with Gasteiger partial charge < -0.3 is 5.73 Å². The van der Waals surface area contributed by atoms with Gasteiger partial charge in [0.25, 0.3) is 0 Å². The van der Waals surface area contributed by atoms with Crippen molar-refractivity contribution in [1.29, 1.82) is 0 Å².